The van der Waals surface area contributed by atoms with Gasteiger partial charge in [-0.05, 0) is 142 Å². The third-order valence-corrected chi connectivity index (χ3v) is 10.0. The lowest BCUT2D eigenvalue weighted by Crippen LogP contribution is -2.12. The topological polar surface area (TPSA) is 0 Å². The first-order valence-corrected chi connectivity index (χ1v) is 18.2. The predicted octanol–water partition coefficient (Wildman–Crippen LogP) is 13.5. The first-order valence-electron chi connectivity index (χ1n) is 18.2. The summed E-state index contributed by atoms with van der Waals surface area (Å²) in [5, 5.41) is 6.43. The average molecular weight is 651 g/mol. The van der Waals surface area contributed by atoms with Crippen LogP contribution in [0.5, 0.6) is 0 Å². The minimum absolute atomic E-state index is 0.444. The van der Waals surface area contributed by atoms with E-state index < -0.39 is 0 Å². The van der Waals surface area contributed by atoms with E-state index >= 15 is 0 Å². The summed E-state index contributed by atoms with van der Waals surface area (Å²) in [6.07, 6.45) is 23.1. The Labute approximate surface area is 299 Å². The highest BCUT2D eigenvalue weighted by molar-refractivity contribution is 6.15. The molecule has 6 rings (SSSR count). The van der Waals surface area contributed by atoms with Gasteiger partial charge in [0.15, 0.2) is 0 Å². The molecule has 0 amide bonds. The van der Waals surface area contributed by atoms with Crippen molar-refractivity contribution in [1.29, 1.82) is 0 Å². The molecule has 5 aromatic rings. The van der Waals surface area contributed by atoms with Gasteiger partial charge in [-0.3, -0.25) is 0 Å². The van der Waals surface area contributed by atoms with Crippen molar-refractivity contribution in [1.82, 2.24) is 0 Å². The van der Waals surface area contributed by atoms with Crippen molar-refractivity contribution in [2.75, 3.05) is 0 Å². The molecule has 0 nitrogen and oxygen atoms in total. The third-order valence-electron chi connectivity index (χ3n) is 10.0. The van der Waals surface area contributed by atoms with Crippen molar-refractivity contribution in [2.24, 2.45) is 5.92 Å². The smallest absolute Gasteiger partial charge is 0.00580 e. The molecule has 0 radical (unpaired) electrons. The normalized spacial score (nSPS) is 16.8. The summed E-state index contributed by atoms with van der Waals surface area (Å²) in [5.74, 6) is 0.444. The fraction of sp³-hybridized carbons (Fsp3) is 0.200. The highest BCUT2D eigenvalue weighted by Gasteiger charge is 2.24. The van der Waals surface area contributed by atoms with Crippen molar-refractivity contribution in [3.63, 3.8) is 0 Å². The Morgan fingerprint density at radius 3 is 2.34 bits per heavy atom. The van der Waals surface area contributed by atoms with E-state index in [4.69, 9.17) is 0 Å². The molecule has 0 heterocycles. The van der Waals surface area contributed by atoms with Crippen molar-refractivity contribution < 1.29 is 0 Å². The Morgan fingerprint density at radius 1 is 0.840 bits per heavy atom. The molecule has 1 unspecified atom stereocenters. The summed E-state index contributed by atoms with van der Waals surface area (Å²) in [5.41, 5.74) is 14.6. The fourth-order valence-corrected chi connectivity index (χ4v) is 7.81. The summed E-state index contributed by atoms with van der Waals surface area (Å²) >= 11 is 0. The molecular weight excluding hydrogens is 601 g/mol. The number of benzene rings is 5. The Kier molecular flexibility index (Phi) is 10.8. The largest absolute Gasteiger partial charge is 0.0990 e. The van der Waals surface area contributed by atoms with Gasteiger partial charge in [0.05, 0.1) is 0 Å². The van der Waals surface area contributed by atoms with E-state index in [-0.39, 0.29) is 0 Å². The molecule has 0 aliphatic heterocycles. The van der Waals surface area contributed by atoms with E-state index in [0.717, 1.165) is 19.3 Å². The SMILES string of the molecule is C=C/C=c1/ccc2c(C(/C=C\C)=C/Cc3ccc(-c4cccc(C5=CCC(/C=C\C)C(=C(C)C)/C5=C\CC)c4)cc3)ccc3ccc(C)c1c32. The van der Waals surface area contributed by atoms with Gasteiger partial charge in [0.1, 0.15) is 0 Å². The molecule has 50 heavy (non-hydrogen) atoms. The van der Waals surface area contributed by atoms with Crippen LogP contribution in [0.15, 0.2) is 157 Å². The van der Waals surface area contributed by atoms with Crippen molar-refractivity contribution >= 4 is 38.8 Å². The molecule has 5 aromatic carbocycles. The fourth-order valence-electron chi connectivity index (χ4n) is 7.81. The molecule has 1 aliphatic rings. The molecule has 0 spiro atoms. The highest BCUT2D eigenvalue weighted by atomic mass is 14.3. The van der Waals surface area contributed by atoms with E-state index in [1.807, 2.05) is 6.08 Å². The van der Waals surface area contributed by atoms with E-state index in [2.05, 4.69) is 182 Å². The molecule has 0 saturated heterocycles. The van der Waals surface area contributed by atoms with Crippen LogP contribution in [-0.4, -0.2) is 0 Å². The molecule has 0 aromatic heterocycles. The average Bonchev–Trinajstić information content (AvgIpc) is 3.12. The molecule has 0 saturated carbocycles. The monoisotopic (exact) mass is 650 g/mol. The third kappa shape index (κ3) is 6.94. The van der Waals surface area contributed by atoms with Crippen LogP contribution in [-0.2, 0) is 6.42 Å². The number of rotatable bonds is 9. The molecule has 250 valence electrons. The maximum Gasteiger partial charge on any atom is 0.00580 e. The molecule has 1 aliphatic carbocycles. The molecule has 0 heteroatoms. The lowest BCUT2D eigenvalue weighted by atomic mass is 9.76. The van der Waals surface area contributed by atoms with Crippen LogP contribution in [0.4, 0.5) is 0 Å². The van der Waals surface area contributed by atoms with Gasteiger partial charge in [0.2, 0.25) is 0 Å². The zero-order valence-electron chi connectivity index (χ0n) is 30.7. The summed E-state index contributed by atoms with van der Waals surface area (Å²) in [6.45, 7) is 17.2. The van der Waals surface area contributed by atoms with E-state index in [0.29, 0.717) is 5.92 Å². The second-order valence-corrected chi connectivity index (χ2v) is 13.6. The summed E-state index contributed by atoms with van der Waals surface area (Å²) < 4.78 is 0. The van der Waals surface area contributed by atoms with E-state index in [1.165, 1.54) is 88.0 Å². The van der Waals surface area contributed by atoms with Crippen molar-refractivity contribution in [2.45, 2.75) is 60.8 Å². The van der Waals surface area contributed by atoms with Crippen LogP contribution < -0.4 is 5.22 Å². The predicted molar refractivity (Wildman–Crippen MR) is 222 cm³/mol. The minimum atomic E-state index is 0.444. The molecule has 0 fully saturated rings. The second kappa shape index (κ2) is 15.6. The summed E-state index contributed by atoms with van der Waals surface area (Å²) in [7, 11) is 0. The molecular formula is C50H50. The Hall–Kier alpha value is -5.20. The van der Waals surface area contributed by atoms with Crippen LogP contribution >= 0.6 is 0 Å². The van der Waals surface area contributed by atoms with Crippen LogP contribution in [0.25, 0.3) is 49.9 Å². The van der Waals surface area contributed by atoms with Gasteiger partial charge < -0.3 is 0 Å². The second-order valence-electron chi connectivity index (χ2n) is 13.6. The van der Waals surface area contributed by atoms with Crippen LogP contribution in [0.3, 0.4) is 0 Å². The first-order chi connectivity index (χ1) is 24.4. The molecule has 0 bridgehead atoms. The van der Waals surface area contributed by atoms with Crippen molar-refractivity contribution in [3.05, 3.63) is 184 Å². The van der Waals surface area contributed by atoms with Gasteiger partial charge in [-0.25, -0.2) is 0 Å². The number of hydrogen-bond acceptors (Lipinski definition) is 0. The van der Waals surface area contributed by atoms with Gasteiger partial charge in [0.25, 0.3) is 0 Å². The Balaban J connectivity index is 1.30. The number of allylic oxidation sites excluding steroid dienone is 13. The van der Waals surface area contributed by atoms with E-state index in [9.17, 15) is 0 Å². The zero-order chi connectivity index (χ0) is 35.2. The Bertz CT molecular complexity index is 2290. The maximum atomic E-state index is 3.96. The van der Waals surface area contributed by atoms with Gasteiger partial charge in [-0.2, -0.15) is 0 Å². The summed E-state index contributed by atoms with van der Waals surface area (Å²) in [6, 6.07) is 31.8. The standard InChI is InChI=1S/C50H50/c1-8-13-38(44-30-28-41-23-19-35(7)49-40(15-10-3)29-32-47(44)50(41)49)26-22-36-20-24-37(25-21-36)42-17-12-18-43(33-42)45-31-27-39(14-9-2)48(34(5)6)46(45)16-11-4/h8-10,12-21,23-26,28-33,39H,3,11,22,27H2,1-2,4-7H3/b13-8-,14-9-,38-26+,40-15-,46-16-. The number of hydrogen-bond donors (Lipinski definition) is 0. The van der Waals surface area contributed by atoms with Crippen LogP contribution in [0.1, 0.15) is 69.7 Å². The number of aryl methyl sites for hydroxylation is 1. The van der Waals surface area contributed by atoms with E-state index in [1.54, 1.807) is 0 Å². The zero-order valence-corrected chi connectivity index (χ0v) is 30.7. The quantitative estimate of drug-likeness (QED) is 0.110. The minimum Gasteiger partial charge on any atom is -0.0990 e. The van der Waals surface area contributed by atoms with Crippen LogP contribution in [0, 0.1) is 12.8 Å². The van der Waals surface area contributed by atoms with Gasteiger partial charge in [0, 0.05) is 5.92 Å². The van der Waals surface area contributed by atoms with Gasteiger partial charge in [-0.1, -0.05) is 153 Å². The summed E-state index contributed by atoms with van der Waals surface area (Å²) in [4.78, 5) is 0. The first kappa shape index (κ1) is 34.7. The lowest BCUT2D eigenvalue weighted by Gasteiger charge is -2.29. The highest BCUT2D eigenvalue weighted by Crippen LogP contribution is 2.42. The van der Waals surface area contributed by atoms with Crippen molar-refractivity contribution in [3.8, 4) is 11.1 Å². The van der Waals surface area contributed by atoms with Gasteiger partial charge in [-0.15, -0.1) is 0 Å². The van der Waals surface area contributed by atoms with Gasteiger partial charge >= 0.3 is 0 Å². The lowest BCUT2D eigenvalue weighted by molar-refractivity contribution is 0.761. The molecule has 1 atom stereocenters. The maximum absolute atomic E-state index is 3.96. The van der Waals surface area contributed by atoms with Crippen LogP contribution in [0.2, 0.25) is 0 Å². The molecule has 0 N–H and O–H groups in total. The Morgan fingerprint density at radius 2 is 1.62 bits per heavy atom.